The number of benzene rings is 2. The number of aromatic nitrogens is 3. The van der Waals surface area contributed by atoms with Gasteiger partial charge in [-0.25, -0.2) is 14.4 Å². The van der Waals surface area contributed by atoms with Crippen LogP contribution in [0.3, 0.4) is 0 Å². The van der Waals surface area contributed by atoms with Gasteiger partial charge in [-0.15, -0.1) is 0 Å². The van der Waals surface area contributed by atoms with Crippen LogP contribution in [-0.4, -0.2) is 33.9 Å². The minimum atomic E-state index is -0.306. The molecule has 164 valence electrons. The van der Waals surface area contributed by atoms with E-state index in [2.05, 4.69) is 26.7 Å². The molecule has 0 spiro atoms. The van der Waals surface area contributed by atoms with Gasteiger partial charge < -0.3 is 15.4 Å². The standard InChI is InChI=1S/C24H19FN6O2/c1-27-23(32)15-4-2-14(3-5-15)18-11-28-24(31-13-16(10-26)30-22(18)31)29-12-19-17-8-9-33-21(17)7-6-20(19)25/h2-7,11,13H,8-9,12H2,1H3,(H,27,32)(H,28,29). The fourth-order valence-electron chi connectivity index (χ4n) is 3.98. The van der Waals surface area contributed by atoms with Crippen LogP contribution in [-0.2, 0) is 13.0 Å². The lowest BCUT2D eigenvalue weighted by Gasteiger charge is -2.13. The Bertz CT molecular complexity index is 1420. The Morgan fingerprint density at radius 1 is 1.27 bits per heavy atom. The third-order valence-electron chi connectivity index (χ3n) is 5.65. The number of imidazole rings is 1. The zero-order valence-corrected chi connectivity index (χ0v) is 17.7. The molecule has 2 N–H and O–H groups in total. The molecule has 8 nitrogen and oxygen atoms in total. The van der Waals surface area contributed by atoms with Gasteiger partial charge in [-0.05, 0) is 29.8 Å². The fraction of sp³-hybridized carbons (Fsp3) is 0.167. The van der Waals surface area contributed by atoms with Gasteiger partial charge in [0.05, 0.1) is 12.8 Å². The molecule has 1 aliphatic heterocycles. The monoisotopic (exact) mass is 442 g/mol. The van der Waals surface area contributed by atoms with Crippen LogP contribution in [0.1, 0.15) is 27.2 Å². The van der Waals surface area contributed by atoms with Crippen molar-refractivity contribution in [1.82, 2.24) is 19.7 Å². The van der Waals surface area contributed by atoms with E-state index in [1.54, 1.807) is 54.2 Å². The molecule has 0 radical (unpaired) electrons. The zero-order valence-electron chi connectivity index (χ0n) is 17.7. The molecule has 1 aliphatic rings. The maximum absolute atomic E-state index is 14.5. The molecule has 1 amide bonds. The highest BCUT2D eigenvalue weighted by Gasteiger charge is 2.20. The highest BCUT2D eigenvalue weighted by Crippen LogP contribution is 2.31. The number of amides is 1. The minimum Gasteiger partial charge on any atom is -0.493 e. The first kappa shape index (κ1) is 20.5. The highest BCUT2D eigenvalue weighted by molar-refractivity contribution is 5.94. The van der Waals surface area contributed by atoms with E-state index in [4.69, 9.17) is 4.74 Å². The second kappa shape index (κ2) is 8.24. The number of nitriles is 1. The van der Waals surface area contributed by atoms with Gasteiger partial charge in [-0.2, -0.15) is 5.26 Å². The van der Waals surface area contributed by atoms with E-state index in [-0.39, 0.29) is 24.0 Å². The quantitative estimate of drug-likeness (QED) is 0.491. The number of anilines is 1. The van der Waals surface area contributed by atoms with Crippen LogP contribution in [0.4, 0.5) is 10.3 Å². The zero-order chi connectivity index (χ0) is 22.9. The molecule has 0 unspecified atom stereocenters. The number of ether oxygens (including phenoxy) is 1. The number of carbonyl (C=O) groups excluding carboxylic acids is 1. The first-order chi connectivity index (χ1) is 16.1. The molecule has 33 heavy (non-hydrogen) atoms. The fourth-order valence-corrected chi connectivity index (χ4v) is 3.98. The average Bonchev–Trinajstić information content (AvgIpc) is 3.50. The Kier molecular flexibility index (Phi) is 5.11. The Labute approximate surface area is 188 Å². The summed E-state index contributed by atoms with van der Waals surface area (Å²) in [4.78, 5) is 20.8. The largest absolute Gasteiger partial charge is 0.493 e. The van der Waals surface area contributed by atoms with Gasteiger partial charge >= 0.3 is 0 Å². The molecule has 0 saturated heterocycles. The van der Waals surface area contributed by atoms with Crippen molar-refractivity contribution in [2.45, 2.75) is 13.0 Å². The molecule has 0 fully saturated rings. The van der Waals surface area contributed by atoms with Crippen molar-refractivity contribution in [3.63, 3.8) is 0 Å². The third-order valence-corrected chi connectivity index (χ3v) is 5.65. The molecule has 0 saturated carbocycles. The van der Waals surface area contributed by atoms with E-state index >= 15 is 0 Å². The molecular formula is C24H19FN6O2. The lowest BCUT2D eigenvalue weighted by Crippen LogP contribution is -2.17. The first-order valence-electron chi connectivity index (χ1n) is 10.4. The highest BCUT2D eigenvalue weighted by atomic mass is 19.1. The number of halogens is 1. The summed E-state index contributed by atoms with van der Waals surface area (Å²) in [6.45, 7) is 0.745. The lowest BCUT2D eigenvalue weighted by atomic mass is 10.0. The molecule has 0 bridgehead atoms. The molecule has 0 atom stereocenters. The lowest BCUT2D eigenvalue weighted by molar-refractivity contribution is 0.0963. The Balaban J connectivity index is 1.51. The Morgan fingerprint density at radius 2 is 2.09 bits per heavy atom. The molecule has 4 aromatic rings. The second-order valence-corrected chi connectivity index (χ2v) is 7.54. The van der Waals surface area contributed by atoms with Crippen LogP contribution >= 0.6 is 0 Å². The predicted molar refractivity (Wildman–Crippen MR) is 119 cm³/mol. The van der Waals surface area contributed by atoms with Crippen LogP contribution in [0.2, 0.25) is 0 Å². The molecule has 2 aromatic carbocycles. The van der Waals surface area contributed by atoms with Gasteiger partial charge in [-0.1, -0.05) is 12.1 Å². The maximum atomic E-state index is 14.5. The van der Waals surface area contributed by atoms with Crippen molar-refractivity contribution in [2.24, 2.45) is 0 Å². The van der Waals surface area contributed by atoms with Crippen molar-refractivity contribution < 1.29 is 13.9 Å². The van der Waals surface area contributed by atoms with Crippen molar-refractivity contribution in [2.75, 3.05) is 19.0 Å². The van der Waals surface area contributed by atoms with Crippen LogP contribution in [0.5, 0.6) is 5.75 Å². The van der Waals surface area contributed by atoms with E-state index in [1.807, 2.05) is 0 Å². The molecule has 5 rings (SSSR count). The number of fused-ring (bicyclic) bond motifs is 2. The topological polar surface area (TPSA) is 104 Å². The number of nitrogens with zero attached hydrogens (tertiary/aromatic N) is 4. The first-order valence-corrected chi connectivity index (χ1v) is 10.4. The summed E-state index contributed by atoms with van der Waals surface area (Å²) in [7, 11) is 1.58. The predicted octanol–water partition coefficient (Wildman–Crippen LogP) is 3.31. The summed E-state index contributed by atoms with van der Waals surface area (Å²) in [6.07, 6.45) is 3.89. The molecule has 0 aliphatic carbocycles. The van der Waals surface area contributed by atoms with E-state index in [0.717, 1.165) is 11.1 Å². The van der Waals surface area contributed by atoms with Gasteiger partial charge in [-0.3, -0.25) is 9.20 Å². The summed E-state index contributed by atoms with van der Waals surface area (Å²) in [6, 6.07) is 12.1. The van der Waals surface area contributed by atoms with Crippen molar-refractivity contribution in [1.29, 1.82) is 5.26 Å². The molecule has 3 heterocycles. The van der Waals surface area contributed by atoms with Crippen LogP contribution in [0.25, 0.3) is 16.8 Å². The van der Waals surface area contributed by atoms with Crippen molar-refractivity contribution >= 4 is 17.5 Å². The number of hydrogen-bond acceptors (Lipinski definition) is 6. The van der Waals surface area contributed by atoms with Gasteiger partial charge in [0.15, 0.2) is 11.3 Å². The summed E-state index contributed by atoms with van der Waals surface area (Å²) >= 11 is 0. The van der Waals surface area contributed by atoms with E-state index in [0.29, 0.717) is 47.1 Å². The smallest absolute Gasteiger partial charge is 0.251 e. The van der Waals surface area contributed by atoms with E-state index < -0.39 is 0 Å². The second-order valence-electron chi connectivity index (χ2n) is 7.54. The summed E-state index contributed by atoms with van der Waals surface area (Å²) in [5.41, 5.74) is 4.18. The van der Waals surface area contributed by atoms with Crippen molar-refractivity contribution in [3.8, 4) is 22.9 Å². The number of nitrogens with one attached hydrogen (secondary N) is 2. The van der Waals surface area contributed by atoms with Crippen LogP contribution in [0, 0.1) is 17.1 Å². The van der Waals surface area contributed by atoms with Gasteiger partial charge in [0, 0.05) is 48.5 Å². The summed E-state index contributed by atoms with van der Waals surface area (Å²) in [5, 5.41) is 15.2. The van der Waals surface area contributed by atoms with Crippen LogP contribution < -0.4 is 15.4 Å². The molecular weight excluding hydrogens is 423 g/mol. The van der Waals surface area contributed by atoms with E-state index in [9.17, 15) is 14.4 Å². The minimum absolute atomic E-state index is 0.179. The average molecular weight is 442 g/mol. The summed E-state index contributed by atoms with van der Waals surface area (Å²) in [5.74, 6) is 0.651. The van der Waals surface area contributed by atoms with Crippen molar-refractivity contribution in [3.05, 3.63) is 77.0 Å². The number of rotatable bonds is 5. The SMILES string of the molecule is CNC(=O)c1ccc(-c2cnc(NCc3c(F)ccc4c3CCO4)n3cc(C#N)nc23)cc1. The normalized spacial score (nSPS) is 12.2. The van der Waals surface area contributed by atoms with Crippen LogP contribution in [0.15, 0.2) is 48.8 Å². The Hall–Kier alpha value is -4.45. The number of hydrogen-bond donors (Lipinski definition) is 2. The maximum Gasteiger partial charge on any atom is 0.251 e. The number of carbonyl (C=O) groups is 1. The third kappa shape index (κ3) is 3.61. The van der Waals surface area contributed by atoms with Gasteiger partial charge in [0.2, 0.25) is 5.95 Å². The van der Waals surface area contributed by atoms with E-state index in [1.165, 1.54) is 6.07 Å². The Morgan fingerprint density at radius 3 is 2.85 bits per heavy atom. The van der Waals surface area contributed by atoms with Gasteiger partial charge in [0.1, 0.15) is 17.6 Å². The molecule has 9 heteroatoms. The summed E-state index contributed by atoms with van der Waals surface area (Å²) < 4.78 is 21.7. The molecule has 2 aromatic heterocycles. The van der Waals surface area contributed by atoms with Gasteiger partial charge in [0.25, 0.3) is 5.91 Å².